The predicted octanol–water partition coefficient (Wildman–Crippen LogP) is 2.45. The molecule has 14 heavy (non-hydrogen) atoms. The van der Waals surface area contributed by atoms with Gasteiger partial charge in [-0.25, -0.2) is 9.78 Å². The Labute approximate surface area is 90.6 Å². The first kappa shape index (κ1) is 9.98. The van der Waals surface area contributed by atoms with Crippen LogP contribution in [-0.4, -0.2) is 27.6 Å². The molecule has 1 atom stereocenters. The maximum absolute atomic E-state index is 10.6. The standard InChI is InChI=1S/C9H11NO2S2/c11-9(12)7-5-14-8(10-7)6-2-1-3-13-4-6/h5-6H,1-4H2,(H,11,12). The third-order valence-electron chi connectivity index (χ3n) is 2.25. The van der Waals surface area contributed by atoms with Crippen molar-refractivity contribution in [1.29, 1.82) is 0 Å². The summed E-state index contributed by atoms with van der Waals surface area (Å²) in [5, 5.41) is 11.4. The number of thioether (sulfide) groups is 1. The van der Waals surface area contributed by atoms with Gasteiger partial charge in [0.1, 0.15) is 0 Å². The number of aromatic nitrogens is 1. The van der Waals surface area contributed by atoms with E-state index in [0.717, 1.165) is 17.2 Å². The number of rotatable bonds is 2. The van der Waals surface area contributed by atoms with Crippen LogP contribution in [0.5, 0.6) is 0 Å². The summed E-state index contributed by atoms with van der Waals surface area (Å²) in [6.45, 7) is 0. The number of hydrogen-bond donors (Lipinski definition) is 1. The molecule has 1 aliphatic rings. The number of aromatic carboxylic acids is 1. The van der Waals surface area contributed by atoms with Crippen LogP contribution < -0.4 is 0 Å². The van der Waals surface area contributed by atoms with Gasteiger partial charge in [-0.3, -0.25) is 0 Å². The minimum Gasteiger partial charge on any atom is -0.476 e. The summed E-state index contributed by atoms with van der Waals surface area (Å²) in [5.74, 6) is 1.88. The highest BCUT2D eigenvalue weighted by molar-refractivity contribution is 7.99. The van der Waals surface area contributed by atoms with Gasteiger partial charge in [-0.15, -0.1) is 11.3 Å². The van der Waals surface area contributed by atoms with E-state index in [4.69, 9.17) is 5.11 Å². The van der Waals surface area contributed by atoms with E-state index < -0.39 is 5.97 Å². The molecule has 0 aliphatic carbocycles. The van der Waals surface area contributed by atoms with Crippen LogP contribution in [0.25, 0.3) is 0 Å². The quantitative estimate of drug-likeness (QED) is 0.846. The van der Waals surface area contributed by atoms with Gasteiger partial charge < -0.3 is 5.11 Å². The van der Waals surface area contributed by atoms with Crippen molar-refractivity contribution in [2.24, 2.45) is 0 Å². The molecule has 2 rings (SSSR count). The third kappa shape index (κ3) is 2.09. The monoisotopic (exact) mass is 229 g/mol. The van der Waals surface area contributed by atoms with Gasteiger partial charge in [0.05, 0.1) is 5.01 Å². The molecular formula is C9H11NO2S2. The molecule has 0 aromatic carbocycles. The van der Waals surface area contributed by atoms with Crippen LogP contribution >= 0.6 is 23.1 Å². The second kappa shape index (κ2) is 4.31. The summed E-state index contributed by atoms with van der Waals surface area (Å²) in [6.07, 6.45) is 2.37. The van der Waals surface area contributed by atoms with Crippen molar-refractivity contribution >= 4 is 29.1 Å². The lowest BCUT2D eigenvalue weighted by molar-refractivity contribution is 0.0691. The lowest BCUT2D eigenvalue weighted by Gasteiger charge is -2.18. The minimum absolute atomic E-state index is 0.195. The van der Waals surface area contributed by atoms with E-state index in [1.54, 1.807) is 5.38 Å². The molecule has 1 aromatic heterocycles. The highest BCUT2D eigenvalue weighted by atomic mass is 32.2. The fourth-order valence-corrected chi connectivity index (χ4v) is 3.69. The van der Waals surface area contributed by atoms with Gasteiger partial charge in [-0.2, -0.15) is 11.8 Å². The topological polar surface area (TPSA) is 50.2 Å². The van der Waals surface area contributed by atoms with Gasteiger partial charge in [0.15, 0.2) is 5.69 Å². The molecule has 0 bridgehead atoms. The molecule has 1 unspecified atom stereocenters. The maximum atomic E-state index is 10.6. The molecule has 3 nitrogen and oxygen atoms in total. The van der Waals surface area contributed by atoms with Gasteiger partial charge in [-0.1, -0.05) is 0 Å². The van der Waals surface area contributed by atoms with Gasteiger partial charge in [0.25, 0.3) is 0 Å². The molecular weight excluding hydrogens is 218 g/mol. The second-order valence-corrected chi connectivity index (χ2v) is 5.33. The second-order valence-electron chi connectivity index (χ2n) is 3.29. The molecule has 1 N–H and O–H groups in total. The van der Waals surface area contributed by atoms with Gasteiger partial charge in [0, 0.05) is 17.1 Å². The Kier molecular flexibility index (Phi) is 3.08. The molecule has 5 heteroatoms. The highest BCUT2D eigenvalue weighted by Crippen LogP contribution is 2.32. The lowest BCUT2D eigenvalue weighted by Crippen LogP contribution is -2.08. The van der Waals surface area contributed by atoms with Gasteiger partial charge >= 0.3 is 5.97 Å². The number of thiazole rings is 1. The Hall–Kier alpha value is -0.550. The van der Waals surface area contributed by atoms with E-state index in [9.17, 15) is 4.79 Å². The van der Waals surface area contributed by atoms with E-state index in [1.807, 2.05) is 11.8 Å². The molecule has 1 aliphatic heterocycles. The van der Waals surface area contributed by atoms with E-state index in [-0.39, 0.29) is 5.69 Å². The van der Waals surface area contributed by atoms with E-state index in [1.165, 1.54) is 23.5 Å². The fraction of sp³-hybridized carbons (Fsp3) is 0.556. The zero-order valence-electron chi connectivity index (χ0n) is 7.60. The van der Waals surface area contributed by atoms with Crippen molar-refractivity contribution in [3.05, 3.63) is 16.1 Å². The molecule has 0 spiro atoms. The summed E-state index contributed by atoms with van der Waals surface area (Å²) < 4.78 is 0. The molecule has 0 radical (unpaired) electrons. The zero-order chi connectivity index (χ0) is 9.97. The van der Waals surface area contributed by atoms with Gasteiger partial charge in [-0.05, 0) is 18.6 Å². The molecule has 1 fully saturated rings. The summed E-state index contributed by atoms with van der Waals surface area (Å²) in [7, 11) is 0. The molecule has 0 saturated carbocycles. The highest BCUT2D eigenvalue weighted by Gasteiger charge is 2.20. The number of carbonyl (C=O) groups is 1. The maximum Gasteiger partial charge on any atom is 0.355 e. The average molecular weight is 229 g/mol. The van der Waals surface area contributed by atoms with Crippen LogP contribution in [0.4, 0.5) is 0 Å². The van der Waals surface area contributed by atoms with Crippen molar-refractivity contribution < 1.29 is 9.90 Å². The normalized spacial score (nSPS) is 22.1. The summed E-state index contributed by atoms with van der Waals surface area (Å²) >= 11 is 3.41. The Bertz CT molecular complexity index is 331. The molecule has 1 aromatic rings. The third-order valence-corrected chi connectivity index (χ3v) is 4.47. The smallest absolute Gasteiger partial charge is 0.355 e. The SMILES string of the molecule is O=C(O)c1csc(C2CCCSC2)n1. The molecule has 76 valence electrons. The first-order valence-corrected chi connectivity index (χ1v) is 6.57. The Morgan fingerprint density at radius 2 is 2.50 bits per heavy atom. The van der Waals surface area contributed by atoms with Crippen LogP contribution in [0.3, 0.4) is 0 Å². The molecule has 1 saturated heterocycles. The van der Waals surface area contributed by atoms with Crippen molar-refractivity contribution in [3.63, 3.8) is 0 Å². The van der Waals surface area contributed by atoms with E-state index >= 15 is 0 Å². The Morgan fingerprint density at radius 3 is 3.07 bits per heavy atom. The van der Waals surface area contributed by atoms with Crippen LogP contribution in [0, 0.1) is 0 Å². The van der Waals surface area contributed by atoms with Crippen molar-refractivity contribution in [2.45, 2.75) is 18.8 Å². The fourth-order valence-electron chi connectivity index (χ4n) is 1.51. The van der Waals surface area contributed by atoms with Crippen molar-refractivity contribution in [3.8, 4) is 0 Å². The zero-order valence-corrected chi connectivity index (χ0v) is 9.24. The average Bonchev–Trinajstić information content (AvgIpc) is 2.68. The van der Waals surface area contributed by atoms with Gasteiger partial charge in [0.2, 0.25) is 0 Å². The summed E-state index contributed by atoms with van der Waals surface area (Å²) in [5.41, 5.74) is 0.195. The van der Waals surface area contributed by atoms with Crippen molar-refractivity contribution in [2.75, 3.05) is 11.5 Å². The minimum atomic E-state index is -0.920. The van der Waals surface area contributed by atoms with E-state index in [2.05, 4.69) is 4.98 Å². The number of carboxylic acids is 1. The Morgan fingerprint density at radius 1 is 1.64 bits per heavy atom. The van der Waals surface area contributed by atoms with Crippen molar-refractivity contribution in [1.82, 2.24) is 4.98 Å². The molecule has 0 amide bonds. The number of nitrogens with zero attached hydrogens (tertiary/aromatic N) is 1. The number of carboxylic acid groups (broad SMARTS) is 1. The van der Waals surface area contributed by atoms with E-state index in [0.29, 0.717) is 5.92 Å². The predicted molar refractivity (Wildman–Crippen MR) is 58.4 cm³/mol. The first-order chi connectivity index (χ1) is 6.77. The van der Waals surface area contributed by atoms with Crippen LogP contribution in [0.15, 0.2) is 5.38 Å². The number of hydrogen-bond acceptors (Lipinski definition) is 4. The largest absolute Gasteiger partial charge is 0.476 e. The Balaban J connectivity index is 2.11. The summed E-state index contributed by atoms with van der Waals surface area (Å²) in [6, 6.07) is 0. The lowest BCUT2D eigenvalue weighted by atomic mass is 10.1. The summed E-state index contributed by atoms with van der Waals surface area (Å²) in [4.78, 5) is 14.8. The van der Waals surface area contributed by atoms with Crippen LogP contribution in [-0.2, 0) is 0 Å². The molecule has 2 heterocycles. The first-order valence-electron chi connectivity index (χ1n) is 4.54. The van der Waals surface area contributed by atoms with Crippen LogP contribution in [0.1, 0.15) is 34.3 Å². The van der Waals surface area contributed by atoms with Crippen LogP contribution in [0.2, 0.25) is 0 Å².